The number of nitrogens with one attached hydrogen (secondary N) is 1. The summed E-state index contributed by atoms with van der Waals surface area (Å²) in [5.41, 5.74) is 12.5. The molecule has 7 rings (SSSR count). The highest BCUT2D eigenvalue weighted by Gasteiger charge is 2.19. The van der Waals surface area contributed by atoms with Crippen molar-refractivity contribution in [1.29, 1.82) is 5.41 Å². The molecule has 0 spiro atoms. The predicted molar refractivity (Wildman–Crippen MR) is 177 cm³/mol. The number of benzene rings is 6. The van der Waals surface area contributed by atoms with Crippen molar-refractivity contribution in [3.8, 4) is 33.9 Å². The zero-order valence-electron chi connectivity index (χ0n) is 23.3. The molecule has 0 aliphatic carbocycles. The van der Waals surface area contributed by atoms with Gasteiger partial charge in [-0.25, -0.2) is 15.0 Å². The Labute approximate surface area is 249 Å². The van der Waals surface area contributed by atoms with Crippen LogP contribution in [0.5, 0.6) is 0 Å². The Hall–Kier alpha value is -5.94. The fourth-order valence-corrected chi connectivity index (χ4v) is 5.48. The fraction of sp³-hybridized carbons (Fsp3) is 0. The molecule has 0 aliphatic heterocycles. The Morgan fingerprint density at radius 3 is 1.93 bits per heavy atom. The number of aliphatic imine (C=N–C) groups is 1. The first-order valence-corrected chi connectivity index (χ1v) is 14.1. The summed E-state index contributed by atoms with van der Waals surface area (Å²) in [6, 6.07) is 48.3. The van der Waals surface area contributed by atoms with Gasteiger partial charge < -0.3 is 5.73 Å². The number of fused-ring (bicyclic) bond motifs is 2. The molecule has 1 aromatic heterocycles. The summed E-state index contributed by atoms with van der Waals surface area (Å²) in [7, 11) is 0. The summed E-state index contributed by atoms with van der Waals surface area (Å²) in [6.07, 6.45) is 0. The second-order valence-electron chi connectivity index (χ2n) is 10.3. The van der Waals surface area contributed by atoms with Crippen LogP contribution in [-0.4, -0.2) is 21.6 Å². The van der Waals surface area contributed by atoms with Crippen molar-refractivity contribution in [3.05, 3.63) is 157 Å². The fourth-order valence-electron chi connectivity index (χ4n) is 5.48. The molecule has 5 nitrogen and oxygen atoms in total. The molecule has 0 unspecified atom stereocenters. The standard InChI is InChI=1S/C38H27N5/c39-36(28-16-5-2-6-17-28)43-37(40)35-30-20-10-8-13-26(30)22-23-32(35)38-41-33(27-14-3-1-4-15-27)24-34(42-38)31-21-11-18-25-12-7-9-19-29(25)31/h1-24H,(H3,39,40,43). The molecular weight excluding hydrogens is 526 g/mol. The van der Waals surface area contributed by atoms with Crippen molar-refractivity contribution in [2.24, 2.45) is 10.7 Å². The quantitative estimate of drug-likeness (QED) is 0.165. The molecule has 0 saturated heterocycles. The SMILES string of the molecule is N=C(N=C(N)c1c(-c2nc(-c3ccccc3)cc(-c3cccc4ccccc34)n2)ccc2ccccc12)c1ccccc1. The normalized spacial score (nSPS) is 11.6. The van der Waals surface area contributed by atoms with Crippen LogP contribution in [0.1, 0.15) is 11.1 Å². The number of nitrogens with two attached hydrogens (primary N) is 1. The van der Waals surface area contributed by atoms with E-state index in [1.165, 1.54) is 0 Å². The Kier molecular flexibility index (Phi) is 6.74. The average Bonchev–Trinajstić information content (AvgIpc) is 3.08. The Morgan fingerprint density at radius 2 is 1.16 bits per heavy atom. The maximum atomic E-state index is 8.66. The summed E-state index contributed by atoms with van der Waals surface area (Å²) in [5.74, 6) is 0.864. The summed E-state index contributed by atoms with van der Waals surface area (Å²) >= 11 is 0. The van der Waals surface area contributed by atoms with Crippen LogP contribution in [0.4, 0.5) is 0 Å². The summed E-state index contributed by atoms with van der Waals surface area (Å²) in [6.45, 7) is 0. The smallest absolute Gasteiger partial charge is 0.161 e. The van der Waals surface area contributed by atoms with E-state index in [0.29, 0.717) is 17.0 Å². The second kappa shape index (κ2) is 11.1. The minimum Gasteiger partial charge on any atom is -0.383 e. The van der Waals surface area contributed by atoms with E-state index in [0.717, 1.165) is 49.6 Å². The van der Waals surface area contributed by atoms with Crippen LogP contribution in [0, 0.1) is 5.41 Å². The summed E-state index contributed by atoms with van der Waals surface area (Å²) in [5, 5.41) is 12.9. The van der Waals surface area contributed by atoms with Crippen LogP contribution in [0.15, 0.2) is 151 Å². The van der Waals surface area contributed by atoms with Gasteiger partial charge in [0.2, 0.25) is 0 Å². The van der Waals surface area contributed by atoms with E-state index in [4.69, 9.17) is 21.1 Å². The average molecular weight is 554 g/mol. The van der Waals surface area contributed by atoms with Crippen molar-refractivity contribution >= 4 is 33.2 Å². The van der Waals surface area contributed by atoms with Crippen LogP contribution in [-0.2, 0) is 0 Å². The number of nitrogens with zero attached hydrogens (tertiary/aromatic N) is 3. The molecule has 6 aromatic carbocycles. The Balaban J connectivity index is 1.49. The number of rotatable bonds is 5. The van der Waals surface area contributed by atoms with Gasteiger partial charge in [0, 0.05) is 27.8 Å². The highest BCUT2D eigenvalue weighted by atomic mass is 14.9. The van der Waals surface area contributed by atoms with Crippen molar-refractivity contribution in [2.75, 3.05) is 0 Å². The first kappa shape index (κ1) is 26.0. The molecule has 1 heterocycles. The van der Waals surface area contributed by atoms with E-state index in [9.17, 15) is 0 Å². The highest BCUT2D eigenvalue weighted by Crippen LogP contribution is 2.34. The van der Waals surface area contributed by atoms with E-state index in [1.54, 1.807) is 0 Å². The van der Waals surface area contributed by atoms with Gasteiger partial charge in [0.15, 0.2) is 11.7 Å². The molecule has 0 atom stereocenters. The largest absolute Gasteiger partial charge is 0.383 e. The van der Waals surface area contributed by atoms with E-state index in [-0.39, 0.29) is 11.7 Å². The minimum atomic E-state index is 0.0902. The second-order valence-corrected chi connectivity index (χ2v) is 10.3. The molecule has 204 valence electrons. The third-order valence-corrected chi connectivity index (χ3v) is 7.57. The zero-order chi connectivity index (χ0) is 29.2. The number of amidine groups is 2. The number of hydrogen-bond acceptors (Lipinski definition) is 3. The van der Waals surface area contributed by atoms with E-state index in [2.05, 4.69) is 53.5 Å². The van der Waals surface area contributed by atoms with Crippen molar-refractivity contribution < 1.29 is 0 Å². The molecule has 7 aromatic rings. The highest BCUT2D eigenvalue weighted by molar-refractivity contribution is 6.18. The molecule has 0 amide bonds. The number of aromatic nitrogens is 2. The lowest BCUT2D eigenvalue weighted by Gasteiger charge is -2.15. The third-order valence-electron chi connectivity index (χ3n) is 7.57. The van der Waals surface area contributed by atoms with Crippen LogP contribution >= 0.6 is 0 Å². The lowest BCUT2D eigenvalue weighted by atomic mass is 9.96. The lowest BCUT2D eigenvalue weighted by molar-refractivity contribution is 1.18. The topological polar surface area (TPSA) is 88.0 Å². The van der Waals surface area contributed by atoms with Gasteiger partial charge in [-0.1, -0.05) is 133 Å². The molecule has 0 fully saturated rings. The van der Waals surface area contributed by atoms with Gasteiger partial charge in [-0.3, -0.25) is 5.41 Å². The van der Waals surface area contributed by atoms with Gasteiger partial charge in [-0.05, 0) is 33.7 Å². The van der Waals surface area contributed by atoms with Gasteiger partial charge >= 0.3 is 0 Å². The molecule has 5 heteroatoms. The van der Waals surface area contributed by atoms with Crippen molar-refractivity contribution in [2.45, 2.75) is 0 Å². The number of hydrogen-bond donors (Lipinski definition) is 2. The van der Waals surface area contributed by atoms with E-state index >= 15 is 0 Å². The third kappa shape index (κ3) is 5.04. The van der Waals surface area contributed by atoms with Gasteiger partial charge in [0.25, 0.3) is 0 Å². The van der Waals surface area contributed by atoms with Crippen LogP contribution < -0.4 is 5.73 Å². The van der Waals surface area contributed by atoms with Crippen LogP contribution in [0.3, 0.4) is 0 Å². The minimum absolute atomic E-state index is 0.0902. The Bertz CT molecular complexity index is 2150. The summed E-state index contributed by atoms with van der Waals surface area (Å²) < 4.78 is 0. The summed E-state index contributed by atoms with van der Waals surface area (Å²) in [4.78, 5) is 14.8. The predicted octanol–water partition coefficient (Wildman–Crippen LogP) is 8.51. The molecular formula is C38H27N5. The van der Waals surface area contributed by atoms with Crippen LogP contribution in [0.25, 0.3) is 55.4 Å². The zero-order valence-corrected chi connectivity index (χ0v) is 23.3. The van der Waals surface area contributed by atoms with Gasteiger partial charge in [-0.2, -0.15) is 0 Å². The molecule has 0 saturated carbocycles. The van der Waals surface area contributed by atoms with E-state index < -0.39 is 0 Å². The van der Waals surface area contributed by atoms with Crippen molar-refractivity contribution in [3.63, 3.8) is 0 Å². The van der Waals surface area contributed by atoms with Gasteiger partial charge in [-0.15, -0.1) is 0 Å². The molecule has 0 radical (unpaired) electrons. The lowest BCUT2D eigenvalue weighted by Crippen LogP contribution is -2.18. The molecule has 0 aliphatic rings. The van der Waals surface area contributed by atoms with Gasteiger partial charge in [0.1, 0.15) is 5.84 Å². The van der Waals surface area contributed by atoms with Gasteiger partial charge in [0.05, 0.1) is 11.4 Å². The molecule has 3 N–H and O–H groups in total. The maximum absolute atomic E-state index is 8.66. The first-order valence-electron chi connectivity index (χ1n) is 14.1. The molecule has 0 bridgehead atoms. The monoisotopic (exact) mass is 553 g/mol. The molecule has 43 heavy (non-hydrogen) atoms. The van der Waals surface area contributed by atoms with Crippen LogP contribution in [0.2, 0.25) is 0 Å². The maximum Gasteiger partial charge on any atom is 0.161 e. The van der Waals surface area contributed by atoms with Crippen molar-refractivity contribution in [1.82, 2.24) is 9.97 Å². The Morgan fingerprint density at radius 1 is 0.558 bits per heavy atom. The first-order chi connectivity index (χ1) is 21.2. The van der Waals surface area contributed by atoms with E-state index in [1.807, 2.05) is 97.1 Å².